The van der Waals surface area contributed by atoms with Crippen molar-refractivity contribution < 1.29 is 4.42 Å². The van der Waals surface area contributed by atoms with Gasteiger partial charge < -0.3 is 4.42 Å². The third kappa shape index (κ3) is 4.12. The van der Waals surface area contributed by atoms with E-state index in [-0.39, 0.29) is 11.3 Å². The number of hydrogen-bond acceptors (Lipinski definition) is 8. The molecule has 0 atom stereocenters. The highest BCUT2D eigenvalue weighted by Crippen LogP contribution is 2.40. The largest absolute Gasteiger partial charge is 0.401 e. The standard InChI is InChI=1S/C19H6Br2ClN5O2S2/c20-9-4-10-15(11(21)5-9)26-18(29-19(10)28)16-13(30-7-23)6-14(31-8-24)27(16)17-12(22)2-1-3-25-17/h1-6H. The monoisotopic (exact) mass is 593 g/mol. The molecule has 0 saturated carbocycles. The summed E-state index contributed by atoms with van der Waals surface area (Å²) in [5, 5.41) is 23.6. The normalized spacial score (nSPS) is 10.7. The molecule has 0 aliphatic carbocycles. The van der Waals surface area contributed by atoms with E-state index >= 15 is 0 Å². The van der Waals surface area contributed by atoms with Crippen LogP contribution in [0.5, 0.6) is 0 Å². The van der Waals surface area contributed by atoms with Crippen LogP contribution in [0, 0.1) is 21.3 Å². The number of fused-ring (bicyclic) bond motifs is 1. The molecule has 4 rings (SSSR count). The number of thiocyanates is 2. The number of hydrogen-bond donors (Lipinski definition) is 0. The predicted molar refractivity (Wildman–Crippen MR) is 126 cm³/mol. The van der Waals surface area contributed by atoms with Crippen molar-refractivity contribution in [1.29, 1.82) is 10.5 Å². The average Bonchev–Trinajstić information content (AvgIpc) is 3.07. The second kappa shape index (κ2) is 9.07. The van der Waals surface area contributed by atoms with Crippen LogP contribution in [0.1, 0.15) is 0 Å². The number of thioether (sulfide) groups is 2. The van der Waals surface area contributed by atoms with E-state index in [4.69, 9.17) is 16.0 Å². The van der Waals surface area contributed by atoms with E-state index in [1.807, 2.05) is 10.8 Å². The smallest absolute Gasteiger partial charge is 0.347 e. The minimum absolute atomic E-state index is 0.0372. The van der Waals surface area contributed by atoms with Gasteiger partial charge in [-0.15, -0.1) is 0 Å². The lowest BCUT2D eigenvalue weighted by atomic mass is 10.2. The summed E-state index contributed by atoms with van der Waals surface area (Å²) in [5.74, 6) is 0.269. The summed E-state index contributed by atoms with van der Waals surface area (Å²) in [5.41, 5.74) is 0.0692. The van der Waals surface area contributed by atoms with Gasteiger partial charge in [-0.1, -0.05) is 27.5 Å². The van der Waals surface area contributed by atoms with Gasteiger partial charge in [0.05, 0.1) is 25.8 Å². The van der Waals surface area contributed by atoms with Crippen molar-refractivity contribution in [3.63, 3.8) is 0 Å². The second-order valence-electron chi connectivity index (χ2n) is 5.82. The maximum Gasteiger partial charge on any atom is 0.347 e. The number of aromatic nitrogens is 3. The van der Waals surface area contributed by atoms with Gasteiger partial charge in [-0.2, -0.15) is 10.5 Å². The molecule has 0 radical (unpaired) electrons. The van der Waals surface area contributed by atoms with Crippen LogP contribution in [0.3, 0.4) is 0 Å². The van der Waals surface area contributed by atoms with E-state index in [2.05, 4.69) is 41.8 Å². The topological polar surface area (TPSA) is 109 Å². The Hall–Kier alpha value is -2.28. The highest BCUT2D eigenvalue weighted by molar-refractivity contribution is 9.11. The molecule has 4 aromatic rings. The predicted octanol–water partition coefficient (Wildman–Crippen LogP) is 6.37. The van der Waals surface area contributed by atoms with Crippen LogP contribution in [-0.2, 0) is 0 Å². The molecule has 7 nitrogen and oxygen atoms in total. The molecule has 12 heteroatoms. The lowest BCUT2D eigenvalue weighted by molar-refractivity contribution is 0.512. The summed E-state index contributed by atoms with van der Waals surface area (Å²) in [4.78, 5) is 22.1. The van der Waals surface area contributed by atoms with E-state index in [0.29, 0.717) is 40.9 Å². The van der Waals surface area contributed by atoms with Gasteiger partial charge in [0.2, 0.25) is 5.89 Å². The van der Waals surface area contributed by atoms with Crippen LogP contribution < -0.4 is 5.63 Å². The van der Waals surface area contributed by atoms with Crippen molar-refractivity contribution in [2.45, 2.75) is 9.92 Å². The number of pyridine rings is 1. The van der Waals surface area contributed by atoms with Gasteiger partial charge in [0.1, 0.15) is 16.5 Å². The van der Waals surface area contributed by atoms with Gasteiger partial charge in [0, 0.05) is 26.9 Å². The fourth-order valence-corrected chi connectivity index (χ4v) is 5.55. The first-order chi connectivity index (χ1) is 14.9. The van der Waals surface area contributed by atoms with Crippen molar-refractivity contribution in [1.82, 2.24) is 14.5 Å². The Morgan fingerprint density at radius 2 is 1.94 bits per heavy atom. The van der Waals surface area contributed by atoms with Crippen LogP contribution in [0.25, 0.3) is 28.3 Å². The maximum absolute atomic E-state index is 12.8. The molecule has 0 fully saturated rings. The van der Waals surface area contributed by atoms with E-state index in [0.717, 1.165) is 23.5 Å². The minimum Gasteiger partial charge on any atom is -0.401 e. The van der Waals surface area contributed by atoms with Crippen LogP contribution in [0.2, 0.25) is 5.02 Å². The fraction of sp³-hybridized carbons (Fsp3) is 0. The minimum atomic E-state index is -0.607. The third-order valence-electron chi connectivity index (χ3n) is 4.04. The lowest BCUT2D eigenvalue weighted by Crippen LogP contribution is -2.08. The number of halogens is 3. The second-order valence-corrected chi connectivity index (χ2v) is 9.63. The molecule has 0 bridgehead atoms. The number of nitriles is 2. The van der Waals surface area contributed by atoms with Crippen molar-refractivity contribution in [2.24, 2.45) is 0 Å². The quantitative estimate of drug-likeness (QED) is 0.198. The van der Waals surface area contributed by atoms with Gasteiger partial charge in [-0.25, -0.2) is 14.8 Å². The number of rotatable bonds is 4. The van der Waals surface area contributed by atoms with Gasteiger partial charge in [-0.3, -0.25) is 4.57 Å². The van der Waals surface area contributed by atoms with E-state index in [1.54, 1.807) is 41.1 Å². The molecule has 0 spiro atoms. The Morgan fingerprint density at radius 3 is 2.65 bits per heavy atom. The Kier molecular flexibility index (Phi) is 6.42. The maximum atomic E-state index is 12.8. The third-order valence-corrected chi connectivity index (χ3v) is 6.62. The molecule has 0 unspecified atom stereocenters. The molecule has 0 aliphatic heterocycles. The van der Waals surface area contributed by atoms with E-state index < -0.39 is 5.63 Å². The van der Waals surface area contributed by atoms with Crippen LogP contribution in [0.15, 0.2) is 64.6 Å². The number of nitrogens with zero attached hydrogens (tertiary/aromatic N) is 5. The van der Waals surface area contributed by atoms with Gasteiger partial charge in [-0.05, 0) is 58.0 Å². The molecule has 3 heterocycles. The molecular formula is C19H6Br2ClN5O2S2. The molecular weight excluding hydrogens is 590 g/mol. The Balaban J connectivity index is 2.12. The van der Waals surface area contributed by atoms with Crippen LogP contribution >= 0.6 is 67.0 Å². The summed E-state index contributed by atoms with van der Waals surface area (Å²) >= 11 is 14.8. The highest BCUT2D eigenvalue weighted by Gasteiger charge is 2.25. The summed E-state index contributed by atoms with van der Waals surface area (Å²) in [7, 11) is 0. The molecule has 31 heavy (non-hydrogen) atoms. The average molecular weight is 596 g/mol. The molecule has 3 aromatic heterocycles. The van der Waals surface area contributed by atoms with E-state index in [1.165, 1.54) is 0 Å². The van der Waals surface area contributed by atoms with Crippen molar-refractivity contribution in [3.8, 4) is 28.2 Å². The molecule has 0 amide bonds. The molecule has 0 aliphatic rings. The first-order valence-electron chi connectivity index (χ1n) is 8.23. The SMILES string of the molecule is N#CSc1cc(SC#N)n(-c2ncccc2Cl)c1-c1nc2c(Br)cc(Br)cc2c(=O)o1. The summed E-state index contributed by atoms with van der Waals surface area (Å²) in [6.07, 6.45) is 1.54. The summed E-state index contributed by atoms with van der Waals surface area (Å²) in [6, 6.07) is 8.31. The Morgan fingerprint density at radius 1 is 1.16 bits per heavy atom. The van der Waals surface area contributed by atoms with Crippen molar-refractivity contribution in [2.75, 3.05) is 0 Å². The molecule has 152 valence electrons. The zero-order valence-corrected chi connectivity index (χ0v) is 20.5. The Bertz CT molecular complexity index is 1490. The first-order valence-corrected chi connectivity index (χ1v) is 11.8. The first kappa shape index (κ1) is 21.9. The van der Waals surface area contributed by atoms with E-state index in [9.17, 15) is 15.3 Å². The fourth-order valence-electron chi connectivity index (χ4n) is 2.87. The number of benzene rings is 1. The lowest BCUT2D eigenvalue weighted by Gasteiger charge is -2.12. The Labute approximate surface area is 205 Å². The van der Waals surface area contributed by atoms with Crippen molar-refractivity contribution in [3.05, 3.63) is 60.9 Å². The van der Waals surface area contributed by atoms with Crippen LogP contribution in [-0.4, -0.2) is 14.5 Å². The zero-order valence-electron chi connectivity index (χ0n) is 15.0. The summed E-state index contributed by atoms with van der Waals surface area (Å²) < 4.78 is 8.38. The van der Waals surface area contributed by atoms with Gasteiger partial charge in [0.15, 0.2) is 5.82 Å². The van der Waals surface area contributed by atoms with Gasteiger partial charge >= 0.3 is 5.63 Å². The summed E-state index contributed by atoms with van der Waals surface area (Å²) in [6.45, 7) is 0. The van der Waals surface area contributed by atoms with Crippen molar-refractivity contribution >= 4 is 77.9 Å². The zero-order chi connectivity index (χ0) is 22.1. The molecule has 0 saturated heterocycles. The van der Waals surface area contributed by atoms with Gasteiger partial charge in [0.25, 0.3) is 0 Å². The highest BCUT2D eigenvalue weighted by atomic mass is 79.9. The molecule has 1 aromatic carbocycles. The molecule has 0 N–H and O–H groups in total. The van der Waals surface area contributed by atoms with Crippen LogP contribution in [0.4, 0.5) is 0 Å².